The van der Waals surface area contributed by atoms with Crippen molar-refractivity contribution in [3.63, 3.8) is 0 Å². The molecular weight excluding hydrogens is 300 g/mol. The van der Waals surface area contributed by atoms with E-state index in [1.165, 1.54) is 0 Å². The molecule has 0 N–H and O–H groups in total. The highest BCUT2D eigenvalue weighted by Crippen LogP contribution is 2.27. The Kier molecular flexibility index (Phi) is 3.76. The van der Waals surface area contributed by atoms with E-state index in [0.717, 1.165) is 16.3 Å². The minimum Gasteiger partial charge on any atom is -0.483 e. The molecule has 5 nitrogen and oxygen atoms in total. The number of nitrogens with zero attached hydrogens (tertiary/aromatic N) is 2. The molecule has 1 aromatic heterocycles. The van der Waals surface area contributed by atoms with Crippen LogP contribution in [-0.2, 0) is 6.61 Å². The Hall–Kier alpha value is -1.69. The topological polar surface area (TPSA) is 65.2 Å². The lowest BCUT2D eigenvalue weighted by atomic mass is 10.1. The first-order valence-corrected chi connectivity index (χ1v) is 6.06. The number of hydrogen-bond donors (Lipinski definition) is 0. The van der Waals surface area contributed by atoms with Crippen molar-refractivity contribution >= 4 is 22.2 Å². The minimum atomic E-state index is 0.143. The fourth-order valence-corrected chi connectivity index (χ4v) is 2.16. The summed E-state index contributed by atoms with van der Waals surface area (Å²) in [4.78, 5) is 15.0. The molecule has 0 saturated heterocycles. The van der Waals surface area contributed by atoms with Gasteiger partial charge >= 0.3 is 0 Å². The molecule has 0 aliphatic carbocycles. The van der Waals surface area contributed by atoms with Gasteiger partial charge in [-0.25, -0.2) is 0 Å². The van der Waals surface area contributed by atoms with E-state index in [0.29, 0.717) is 23.0 Å². The van der Waals surface area contributed by atoms with Crippen molar-refractivity contribution in [1.82, 2.24) is 10.1 Å². The SMILES string of the molecule is Cc1noc(COc2c(C)cc(Br)cc2C=O)n1. The molecular formula is C12H11BrN2O3. The third kappa shape index (κ3) is 2.76. The third-order valence-corrected chi connectivity index (χ3v) is 2.76. The van der Waals surface area contributed by atoms with Gasteiger partial charge in [-0.05, 0) is 31.5 Å². The van der Waals surface area contributed by atoms with Crippen LogP contribution in [0.2, 0.25) is 0 Å². The lowest BCUT2D eigenvalue weighted by Crippen LogP contribution is -2.01. The maximum atomic E-state index is 11.0. The van der Waals surface area contributed by atoms with Crippen molar-refractivity contribution in [1.29, 1.82) is 0 Å². The zero-order chi connectivity index (χ0) is 13.1. The van der Waals surface area contributed by atoms with Crippen molar-refractivity contribution in [2.75, 3.05) is 0 Å². The van der Waals surface area contributed by atoms with E-state index in [4.69, 9.17) is 9.26 Å². The monoisotopic (exact) mass is 310 g/mol. The molecule has 1 aromatic carbocycles. The maximum absolute atomic E-state index is 11.0. The number of halogens is 1. The highest BCUT2D eigenvalue weighted by atomic mass is 79.9. The van der Waals surface area contributed by atoms with Crippen molar-refractivity contribution in [3.8, 4) is 5.75 Å². The highest BCUT2D eigenvalue weighted by Gasteiger charge is 2.10. The predicted octanol–water partition coefficient (Wildman–Crippen LogP) is 2.84. The summed E-state index contributed by atoms with van der Waals surface area (Å²) in [5, 5.41) is 3.66. The Morgan fingerprint density at radius 1 is 1.44 bits per heavy atom. The van der Waals surface area contributed by atoms with Gasteiger partial charge in [0, 0.05) is 4.47 Å². The second kappa shape index (κ2) is 5.30. The van der Waals surface area contributed by atoms with Gasteiger partial charge in [-0.15, -0.1) is 0 Å². The number of carbonyl (C=O) groups is 1. The van der Waals surface area contributed by atoms with Gasteiger partial charge in [0.15, 0.2) is 18.7 Å². The van der Waals surface area contributed by atoms with Crippen LogP contribution in [0, 0.1) is 13.8 Å². The number of aryl methyl sites for hydroxylation is 2. The quantitative estimate of drug-likeness (QED) is 0.812. The molecule has 0 aliphatic rings. The first kappa shape index (κ1) is 12.8. The zero-order valence-corrected chi connectivity index (χ0v) is 11.5. The molecule has 1 heterocycles. The van der Waals surface area contributed by atoms with Gasteiger partial charge in [0.25, 0.3) is 5.89 Å². The summed E-state index contributed by atoms with van der Waals surface area (Å²) in [6, 6.07) is 3.58. The summed E-state index contributed by atoms with van der Waals surface area (Å²) >= 11 is 3.33. The zero-order valence-electron chi connectivity index (χ0n) is 9.94. The summed E-state index contributed by atoms with van der Waals surface area (Å²) in [6.45, 7) is 3.74. The number of aromatic nitrogens is 2. The maximum Gasteiger partial charge on any atom is 0.264 e. The van der Waals surface area contributed by atoms with E-state index < -0.39 is 0 Å². The summed E-state index contributed by atoms with van der Waals surface area (Å²) in [5.41, 5.74) is 1.35. The molecule has 94 valence electrons. The minimum absolute atomic E-state index is 0.143. The van der Waals surface area contributed by atoms with Gasteiger partial charge in [-0.1, -0.05) is 21.1 Å². The molecule has 0 unspecified atom stereocenters. The molecule has 0 saturated carbocycles. The van der Waals surface area contributed by atoms with Crippen LogP contribution in [-0.4, -0.2) is 16.4 Å². The van der Waals surface area contributed by atoms with Gasteiger partial charge in [0.05, 0.1) is 5.56 Å². The Labute approximate surface area is 112 Å². The highest BCUT2D eigenvalue weighted by molar-refractivity contribution is 9.10. The van der Waals surface area contributed by atoms with Crippen molar-refractivity contribution in [3.05, 3.63) is 39.4 Å². The molecule has 2 rings (SSSR count). The fraction of sp³-hybridized carbons (Fsp3) is 0.250. The van der Waals surface area contributed by atoms with Gasteiger partial charge in [0.1, 0.15) is 5.75 Å². The Morgan fingerprint density at radius 3 is 2.83 bits per heavy atom. The fourth-order valence-electron chi connectivity index (χ4n) is 1.57. The van der Waals surface area contributed by atoms with Crippen LogP contribution in [0.15, 0.2) is 21.1 Å². The van der Waals surface area contributed by atoms with E-state index >= 15 is 0 Å². The molecule has 0 radical (unpaired) electrons. The number of rotatable bonds is 4. The molecule has 0 aliphatic heterocycles. The standard InChI is InChI=1S/C12H11BrN2O3/c1-7-3-10(13)4-9(5-16)12(7)17-6-11-14-8(2)15-18-11/h3-5H,6H2,1-2H3. The van der Waals surface area contributed by atoms with Gasteiger partial charge in [-0.3, -0.25) is 4.79 Å². The largest absolute Gasteiger partial charge is 0.483 e. The molecule has 0 atom stereocenters. The second-order valence-electron chi connectivity index (χ2n) is 3.78. The number of carbonyl (C=O) groups excluding carboxylic acids is 1. The molecule has 2 aromatic rings. The van der Waals surface area contributed by atoms with Crippen LogP contribution in [0.1, 0.15) is 27.6 Å². The number of aldehydes is 1. The Morgan fingerprint density at radius 2 is 2.22 bits per heavy atom. The molecule has 18 heavy (non-hydrogen) atoms. The molecule has 0 amide bonds. The molecule has 0 bridgehead atoms. The average Bonchev–Trinajstić information content (AvgIpc) is 2.73. The van der Waals surface area contributed by atoms with Crippen LogP contribution < -0.4 is 4.74 Å². The number of benzene rings is 1. The molecule has 0 fully saturated rings. The summed E-state index contributed by atoms with van der Waals surface area (Å²) in [6.07, 6.45) is 0.756. The van der Waals surface area contributed by atoms with Crippen LogP contribution in [0.3, 0.4) is 0 Å². The normalized spacial score (nSPS) is 10.4. The third-order valence-electron chi connectivity index (χ3n) is 2.30. The first-order valence-electron chi connectivity index (χ1n) is 5.27. The van der Waals surface area contributed by atoms with Crippen molar-refractivity contribution in [2.45, 2.75) is 20.5 Å². The van der Waals surface area contributed by atoms with Crippen LogP contribution in [0.25, 0.3) is 0 Å². The van der Waals surface area contributed by atoms with Gasteiger partial charge in [0.2, 0.25) is 0 Å². The van der Waals surface area contributed by atoms with Crippen molar-refractivity contribution < 1.29 is 14.1 Å². The van der Waals surface area contributed by atoms with E-state index in [1.54, 1.807) is 13.0 Å². The van der Waals surface area contributed by atoms with E-state index in [9.17, 15) is 4.79 Å². The Balaban J connectivity index is 2.20. The van der Waals surface area contributed by atoms with Crippen LogP contribution >= 0.6 is 15.9 Å². The summed E-state index contributed by atoms with van der Waals surface area (Å²) in [7, 11) is 0. The predicted molar refractivity (Wildman–Crippen MR) is 67.6 cm³/mol. The number of ether oxygens (including phenoxy) is 1. The summed E-state index contributed by atoms with van der Waals surface area (Å²) in [5.74, 6) is 1.47. The average molecular weight is 311 g/mol. The van der Waals surface area contributed by atoms with E-state index in [2.05, 4.69) is 26.1 Å². The lowest BCUT2D eigenvalue weighted by molar-refractivity contribution is 0.111. The first-order chi connectivity index (χ1) is 8.60. The van der Waals surface area contributed by atoms with Crippen molar-refractivity contribution in [2.24, 2.45) is 0 Å². The lowest BCUT2D eigenvalue weighted by Gasteiger charge is -2.10. The van der Waals surface area contributed by atoms with Crippen LogP contribution in [0.4, 0.5) is 0 Å². The van der Waals surface area contributed by atoms with E-state index in [-0.39, 0.29) is 6.61 Å². The Bertz CT molecular complexity index is 581. The van der Waals surface area contributed by atoms with Gasteiger partial charge in [-0.2, -0.15) is 4.98 Å². The smallest absolute Gasteiger partial charge is 0.264 e. The van der Waals surface area contributed by atoms with E-state index in [1.807, 2.05) is 13.0 Å². The summed E-state index contributed by atoms with van der Waals surface area (Å²) < 4.78 is 11.3. The van der Waals surface area contributed by atoms with Gasteiger partial charge < -0.3 is 9.26 Å². The number of hydrogen-bond acceptors (Lipinski definition) is 5. The second-order valence-corrected chi connectivity index (χ2v) is 4.70. The van der Waals surface area contributed by atoms with Crippen LogP contribution in [0.5, 0.6) is 5.75 Å². The molecule has 0 spiro atoms. The molecule has 6 heteroatoms.